The summed E-state index contributed by atoms with van der Waals surface area (Å²) in [6, 6.07) is 0.580. The van der Waals surface area contributed by atoms with E-state index in [0.29, 0.717) is 18.5 Å². The highest BCUT2D eigenvalue weighted by molar-refractivity contribution is 7.98. The molecule has 0 saturated carbocycles. The molecule has 4 heteroatoms. The maximum Gasteiger partial charge on any atom is 0.0513 e. The van der Waals surface area contributed by atoms with E-state index in [2.05, 4.69) is 32.1 Å². The van der Waals surface area contributed by atoms with Gasteiger partial charge in [-0.1, -0.05) is 0 Å². The van der Waals surface area contributed by atoms with Crippen LogP contribution in [-0.4, -0.2) is 55.3 Å². The van der Waals surface area contributed by atoms with Crippen LogP contribution < -0.4 is 5.73 Å². The summed E-state index contributed by atoms with van der Waals surface area (Å²) in [6.07, 6.45) is 4.54. The largest absolute Gasteiger partial charge is 0.381 e. The molecular formula is C13H28N2OS. The molecule has 3 unspecified atom stereocenters. The van der Waals surface area contributed by atoms with Gasteiger partial charge in [-0.25, -0.2) is 0 Å². The highest BCUT2D eigenvalue weighted by atomic mass is 32.2. The van der Waals surface area contributed by atoms with Crippen molar-refractivity contribution in [2.24, 2.45) is 11.7 Å². The molecule has 2 N–H and O–H groups in total. The molecule has 0 amide bonds. The van der Waals surface area contributed by atoms with Gasteiger partial charge in [-0.2, -0.15) is 11.8 Å². The zero-order valence-electron chi connectivity index (χ0n) is 11.7. The lowest BCUT2D eigenvalue weighted by atomic mass is 9.82. The Morgan fingerprint density at radius 1 is 1.59 bits per heavy atom. The zero-order chi connectivity index (χ0) is 12.9. The van der Waals surface area contributed by atoms with Crippen LogP contribution in [0.2, 0.25) is 0 Å². The molecule has 1 aliphatic rings. The SMILES string of the molecule is CSCCC(C)N(C)C(C)(CN)C1CCOC1. The second-order valence-electron chi connectivity index (χ2n) is 5.36. The van der Waals surface area contributed by atoms with Gasteiger partial charge in [0.1, 0.15) is 0 Å². The minimum Gasteiger partial charge on any atom is -0.381 e. The summed E-state index contributed by atoms with van der Waals surface area (Å²) in [5.41, 5.74) is 6.13. The lowest BCUT2D eigenvalue weighted by molar-refractivity contribution is 0.0379. The Labute approximate surface area is 110 Å². The van der Waals surface area contributed by atoms with Crippen LogP contribution in [0.1, 0.15) is 26.7 Å². The minimum atomic E-state index is 0.0777. The van der Waals surface area contributed by atoms with Crippen molar-refractivity contribution in [3.63, 3.8) is 0 Å². The quantitative estimate of drug-likeness (QED) is 0.758. The summed E-state index contributed by atoms with van der Waals surface area (Å²) >= 11 is 1.92. The maximum atomic E-state index is 6.05. The molecule has 0 aromatic heterocycles. The van der Waals surface area contributed by atoms with Gasteiger partial charge in [0.2, 0.25) is 0 Å². The van der Waals surface area contributed by atoms with Crippen molar-refractivity contribution in [3.05, 3.63) is 0 Å². The van der Waals surface area contributed by atoms with Crippen LogP contribution in [0.25, 0.3) is 0 Å². The van der Waals surface area contributed by atoms with Gasteiger partial charge < -0.3 is 10.5 Å². The Morgan fingerprint density at radius 2 is 2.29 bits per heavy atom. The Bertz CT molecular complexity index is 221. The number of hydrogen-bond donors (Lipinski definition) is 1. The van der Waals surface area contributed by atoms with E-state index in [9.17, 15) is 0 Å². The van der Waals surface area contributed by atoms with Crippen molar-refractivity contribution >= 4 is 11.8 Å². The first-order chi connectivity index (χ1) is 8.06. The van der Waals surface area contributed by atoms with Crippen LogP contribution >= 0.6 is 11.8 Å². The fraction of sp³-hybridized carbons (Fsp3) is 1.00. The lowest BCUT2D eigenvalue weighted by Crippen LogP contribution is -2.58. The normalized spacial score (nSPS) is 26.1. The first-order valence-electron chi connectivity index (χ1n) is 6.56. The third-order valence-corrected chi connectivity index (χ3v) is 5.07. The van der Waals surface area contributed by atoms with Gasteiger partial charge in [-0.05, 0) is 45.7 Å². The monoisotopic (exact) mass is 260 g/mol. The van der Waals surface area contributed by atoms with Crippen molar-refractivity contribution in [2.45, 2.75) is 38.3 Å². The van der Waals surface area contributed by atoms with Gasteiger partial charge in [0.25, 0.3) is 0 Å². The first kappa shape index (κ1) is 15.3. The second-order valence-corrected chi connectivity index (χ2v) is 6.35. The van der Waals surface area contributed by atoms with E-state index in [4.69, 9.17) is 10.5 Å². The number of ether oxygens (including phenoxy) is 1. The Morgan fingerprint density at radius 3 is 2.76 bits per heavy atom. The summed E-state index contributed by atoms with van der Waals surface area (Å²) in [4.78, 5) is 2.47. The maximum absolute atomic E-state index is 6.05. The number of likely N-dealkylation sites (N-methyl/N-ethyl adjacent to an activating group) is 1. The van der Waals surface area contributed by atoms with Crippen molar-refractivity contribution in [1.82, 2.24) is 4.90 Å². The smallest absolute Gasteiger partial charge is 0.0513 e. The zero-order valence-corrected chi connectivity index (χ0v) is 12.6. The molecule has 0 radical (unpaired) electrons. The molecule has 1 rings (SSSR count). The van der Waals surface area contributed by atoms with E-state index in [-0.39, 0.29) is 5.54 Å². The number of nitrogens with two attached hydrogens (primary N) is 1. The molecule has 1 fully saturated rings. The molecular weight excluding hydrogens is 232 g/mol. The summed E-state index contributed by atoms with van der Waals surface area (Å²) in [7, 11) is 2.22. The van der Waals surface area contributed by atoms with Crippen molar-refractivity contribution in [3.8, 4) is 0 Å². The van der Waals surface area contributed by atoms with Gasteiger partial charge in [-0.3, -0.25) is 4.90 Å². The molecule has 1 aliphatic heterocycles. The molecule has 0 aliphatic carbocycles. The molecule has 17 heavy (non-hydrogen) atoms. The van der Waals surface area contributed by atoms with Crippen LogP contribution in [0.3, 0.4) is 0 Å². The van der Waals surface area contributed by atoms with Crippen LogP contribution in [0.5, 0.6) is 0 Å². The van der Waals surface area contributed by atoms with Crippen LogP contribution in [-0.2, 0) is 4.74 Å². The average Bonchev–Trinajstić information content (AvgIpc) is 2.88. The Hall–Kier alpha value is 0.230. The van der Waals surface area contributed by atoms with Crippen LogP contribution in [0, 0.1) is 5.92 Å². The van der Waals surface area contributed by atoms with Gasteiger partial charge in [0.05, 0.1) is 6.61 Å². The molecule has 3 atom stereocenters. The van der Waals surface area contributed by atoms with Gasteiger partial charge in [0.15, 0.2) is 0 Å². The van der Waals surface area contributed by atoms with E-state index in [0.717, 1.165) is 19.6 Å². The van der Waals surface area contributed by atoms with E-state index in [1.165, 1.54) is 12.2 Å². The van der Waals surface area contributed by atoms with Crippen LogP contribution in [0.4, 0.5) is 0 Å². The third kappa shape index (κ3) is 3.60. The average molecular weight is 260 g/mol. The molecule has 0 aromatic carbocycles. The summed E-state index contributed by atoms with van der Waals surface area (Å²) in [5, 5.41) is 0. The highest BCUT2D eigenvalue weighted by Crippen LogP contribution is 2.31. The standard InChI is InChI=1S/C13H28N2OS/c1-11(6-8-17-4)15(3)13(2,10-14)12-5-7-16-9-12/h11-12H,5-10,14H2,1-4H3. The summed E-state index contributed by atoms with van der Waals surface area (Å²) < 4.78 is 5.53. The Balaban J connectivity index is 2.63. The summed E-state index contributed by atoms with van der Waals surface area (Å²) in [6.45, 7) is 7.07. The fourth-order valence-corrected chi connectivity index (χ4v) is 3.19. The molecule has 1 saturated heterocycles. The molecule has 0 aromatic rings. The third-order valence-electron chi connectivity index (χ3n) is 4.43. The second kappa shape index (κ2) is 6.98. The number of thioether (sulfide) groups is 1. The number of nitrogens with zero attached hydrogens (tertiary/aromatic N) is 1. The predicted octanol–water partition coefficient (Wildman–Crippen LogP) is 1.81. The number of hydrogen-bond acceptors (Lipinski definition) is 4. The first-order valence-corrected chi connectivity index (χ1v) is 7.95. The molecule has 0 bridgehead atoms. The van der Waals surface area contributed by atoms with E-state index >= 15 is 0 Å². The summed E-state index contributed by atoms with van der Waals surface area (Å²) in [5.74, 6) is 1.79. The molecule has 1 heterocycles. The predicted molar refractivity (Wildman–Crippen MR) is 76.6 cm³/mol. The molecule has 0 spiro atoms. The van der Waals surface area contributed by atoms with Crippen LogP contribution in [0.15, 0.2) is 0 Å². The van der Waals surface area contributed by atoms with E-state index in [1.807, 2.05) is 11.8 Å². The van der Waals surface area contributed by atoms with E-state index in [1.54, 1.807) is 0 Å². The molecule has 102 valence electrons. The Kier molecular flexibility index (Phi) is 6.27. The number of rotatable bonds is 7. The molecule has 3 nitrogen and oxygen atoms in total. The van der Waals surface area contributed by atoms with Gasteiger partial charge in [0, 0.05) is 30.7 Å². The minimum absolute atomic E-state index is 0.0777. The fourth-order valence-electron chi connectivity index (χ4n) is 2.61. The van der Waals surface area contributed by atoms with Crippen molar-refractivity contribution in [1.29, 1.82) is 0 Å². The van der Waals surface area contributed by atoms with Crippen molar-refractivity contribution < 1.29 is 4.74 Å². The highest BCUT2D eigenvalue weighted by Gasteiger charge is 2.40. The topological polar surface area (TPSA) is 38.5 Å². The van der Waals surface area contributed by atoms with E-state index < -0.39 is 0 Å². The lowest BCUT2D eigenvalue weighted by Gasteiger charge is -2.45. The van der Waals surface area contributed by atoms with Crippen molar-refractivity contribution in [2.75, 3.05) is 38.8 Å². The van der Waals surface area contributed by atoms with Gasteiger partial charge >= 0.3 is 0 Å². The van der Waals surface area contributed by atoms with Gasteiger partial charge in [-0.15, -0.1) is 0 Å².